The minimum atomic E-state index is -0.0660. The van der Waals surface area contributed by atoms with Gasteiger partial charge in [-0.25, -0.2) is 4.98 Å². The second-order valence-corrected chi connectivity index (χ2v) is 6.80. The van der Waals surface area contributed by atoms with Crippen LogP contribution >= 0.6 is 15.9 Å². The van der Waals surface area contributed by atoms with E-state index in [9.17, 15) is 4.79 Å². The molecular formula is C16H20BrN5O. The van der Waals surface area contributed by atoms with Gasteiger partial charge in [-0.1, -0.05) is 0 Å². The predicted octanol–water partition coefficient (Wildman–Crippen LogP) is 2.28. The number of rotatable bonds is 3. The standard InChI is InChI=1S/C16H20BrN5O/c1-11-8-14(21(2)20-11)16(23)19-13-4-3-7-22(10-13)15-6-5-12(17)9-18-15/h5-6,8-9,13H,3-4,7,10H2,1-2H3,(H,19,23). The third-order valence-electron chi connectivity index (χ3n) is 4.03. The van der Waals surface area contributed by atoms with E-state index in [2.05, 4.69) is 36.2 Å². The highest BCUT2D eigenvalue weighted by Crippen LogP contribution is 2.19. The van der Waals surface area contributed by atoms with Crippen LogP contribution in [0.3, 0.4) is 0 Å². The Morgan fingerprint density at radius 2 is 2.26 bits per heavy atom. The van der Waals surface area contributed by atoms with Crippen molar-refractivity contribution < 1.29 is 4.79 Å². The summed E-state index contributed by atoms with van der Waals surface area (Å²) in [7, 11) is 1.79. The zero-order valence-electron chi connectivity index (χ0n) is 13.3. The molecule has 1 amide bonds. The molecule has 23 heavy (non-hydrogen) atoms. The Kier molecular flexibility index (Phi) is 4.66. The van der Waals surface area contributed by atoms with Gasteiger partial charge in [-0.05, 0) is 53.9 Å². The van der Waals surface area contributed by atoms with Gasteiger partial charge in [0.15, 0.2) is 0 Å². The Bertz CT molecular complexity index is 697. The van der Waals surface area contributed by atoms with E-state index in [1.54, 1.807) is 17.9 Å². The van der Waals surface area contributed by atoms with Crippen LogP contribution in [0.1, 0.15) is 29.0 Å². The smallest absolute Gasteiger partial charge is 0.269 e. The van der Waals surface area contributed by atoms with E-state index in [1.807, 2.05) is 25.1 Å². The van der Waals surface area contributed by atoms with Crippen molar-refractivity contribution in [3.05, 3.63) is 40.3 Å². The first-order chi connectivity index (χ1) is 11.0. The van der Waals surface area contributed by atoms with Crippen molar-refractivity contribution in [1.29, 1.82) is 0 Å². The molecule has 3 heterocycles. The highest BCUT2D eigenvalue weighted by atomic mass is 79.9. The molecule has 0 saturated carbocycles. The predicted molar refractivity (Wildman–Crippen MR) is 92.6 cm³/mol. The molecule has 6 nitrogen and oxygen atoms in total. The number of nitrogens with one attached hydrogen (secondary N) is 1. The fraction of sp³-hybridized carbons (Fsp3) is 0.438. The normalized spacial score (nSPS) is 18.0. The molecule has 0 bridgehead atoms. The van der Waals surface area contributed by atoms with E-state index in [0.29, 0.717) is 5.69 Å². The lowest BCUT2D eigenvalue weighted by molar-refractivity contribution is 0.0923. The number of carbonyl (C=O) groups excluding carboxylic acids is 1. The quantitative estimate of drug-likeness (QED) is 0.890. The van der Waals surface area contributed by atoms with E-state index in [1.165, 1.54) is 0 Å². The number of nitrogens with zero attached hydrogens (tertiary/aromatic N) is 4. The molecule has 1 saturated heterocycles. The minimum Gasteiger partial charge on any atom is -0.355 e. The highest BCUT2D eigenvalue weighted by molar-refractivity contribution is 9.10. The molecule has 1 unspecified atom stereocenters. The molecule has 1 fully saturated rings. The fourth-order valence-corrected chi connectivity index (χ4v) is 3.18. The van der Waals surface area contributed by atoms with Crippen LogP contribution in [-0.2, 0) is 7.05 Å². The van der Waals surface area contributed by atoms with Gasteiger partial charge in [-0.15, -0.1) is 0 Å². The van der Waals surface area contributed by atoms with Crippen molar-refractivity contribution in [1.82, 2.24) is 20.1 Å². The van der Waals surface area contributed by atoms with Crippen molar-refractivity contribution in [3.8, 4) is 0 Å². The molecule has 0 radical (unpaired) electrons. The van der Waals surface area contributed by atoms with Crippen molar-refractivity contribution in [2.45, 2.75) is 25.8 Å². The Morgan fingerprint density at radius 1 is 1.43 bits per heavy atom. The molecule has 0 spiro atoms. The summed E-state index contributed by atoms with van der Waals surface area (Å²) in [5, 5.41) is 7.35. The fourth-order valence-electron chi connectivity index (χ4n) is 2.94. The molecule has 1 N–H and O–H groups in total. The minimum absolute atomic E-state index is 0.0660. The summed E-state index contributed by atoms with van der Waals surface area (Å²) in [6.45, 7) is 3.63. The number of hydrogen-bond donors (Lipinski definition) is 1. The summed E-state index contributed by atoms with van der Waals surface area (Å²) >= 11 is 3.40. The van der Waals surface area contributed by atoms with Crippen LogP contribution in [-0.4, -0.2) is 39.8 Å². The van der Waals surface area contributed by atoms with Gasteiger partial charge in [0.1, 0.15) is 11.5 Å². The Hall–Kier alpha value is -1.89. The van der Waals surface area contributed by atoms with Gasteiger partial charge in [0, 0.05) is 36.8 Å². The second-order valence-electron chi connectivity index (χ2n) is 5.89. The first-order valence-electron chi connectivity index (χ1n) is 7.71. The lowest BCUT2D eigenvalue weighted by Gasteiger charge is -2.34. The van der Waals surface area contributed by atoms with Gasteiger partial charge in [-0.2, -0.15) is 5.10 Å². The lowest BCUT2D eigenvalue weighted by Crippen LogP contribution is -2.48. The van der Waals surface area contributed by atoms with E-state index < -0.39 is 0 Å². The molecule has 1 aliphatic rings. The highest BCUT2D eigenvalue weighted by Gasteiger charge is 2.23. The largest absolute Gasteiger partial charge is 0.355 e. The number of aryl methyl sites for hydroxylation is 2. The number of amides is 1. The number of pyridine rings is 1. The van der Waals surface area contributed by atoms with E-state index in [4.69, 9.17) is 0 Å². The van der Waals surface area contributed by atoms with Crippen molar-refractivity contribution in [3.63, 3.8) is 0 Å². The Morgan fingerprint density at radius 3 is 2.91 bits per heavy atom. The maximum Gasteiger partial charge on any atom is 0.269 e. The topological polar surface area (TPSA) is 63.1 Å². The van der Waals surface area contributed by atoms with Gasteiger partial charge >= 0.3 is 0 Å². The van der Waals surface area contributed by atoms with Gasteiger partial charge in [0.2, 0.25) is 0 Å². The van der Waals surface area contributed by atoms with Crippen LogP contribution in [0.2, 0.25) is 0 Å². The average molecular weight is 378 g/mol. The molecule has 2 aromatic rings. The summed E-state index contributed by atoms with van der Waals surface area (Å²) in [6.07, 6.45) is 3.82. The number of halogens is 1. The summed E-state index contributed by atoms with van der Waals surface area (Å²) in [6, 6.07) is 5.92. The first kappa shape index (κ1) is 16.0. The van der Waals surface area contributed by atoms with E-state index >= 15 is 0 Å². The Balaban J connectivity index is 1.65. The van der Waals surface area contributed by atoms with Crippen LogP contribution in [0, 0.1) is 6.92 Å². The van der Waals surface area contributed by atoms with Gasteiger partial charge in [0.25, 0.3) is 5.91 Å². The zero-order valence-corrected chi connectivity index (χ0v) is 14.9. The monoisotopic (exact) mass is 377 g/mol. The average Bonchev–Trinajstić information content (AvgIpc) is 2.87. The number of anilines is 1. The van der Waals surface area contributed by atoms with Crippen LogP contribution in [0.25, 0.3) is 0 Å². The third kappa shape index (κ3) is 3.72. The second kappa shape index (κ2) is 6.70. The summed E-state index contributed by atoms with van der Waals surface area (Å²) in [5.74, 6) is 0.882. The molecule has 3 rings (SSSR count). The van der Waals surface area contributed by atoms with Gasteiger partial charge in [0.05, 0.1) is 5.69 Å². The number of carbonyl (C=O) groups is 1. The van der Waals surface area contributed by atoms with Crippen LogP contribution in [0.15, 0.2) is 28.9 Å². The van der Waals surface area contributed by atoms with Gasteiger partial charge < -0.3 is 10.2 Å². The van der Waals surface area contributed by atoms with Crippen LogP contribution < -0.4 is 10.2 Å². The maximum absolute atomic E-state index is 12.4. The summed E-state index contributed by atoms with van der Waals surface area (Å²) < 4.78 is 2.59. The van der Waals surface area contributed by atoms with E-state index in [-0.39, 0.29) is 11.9 Å². The van der Waals surface area contributed by atoms with Crippen LogP contribution in [0.4, 0.5) is 5.82 Å². The molecular weight excluding hydrogens is 358 g/mol. The van der Waals surface area contributed by atoms with Crippen molar-refractivity contribution in [2.24, 2.45) is 7.05 Å². The van der Waals surface area contributed by atoms with Gasteiger partial charge in [-0.3, -0.25) is 9.48 Å². The first-order valence-corrected chi connectivity index (χ1v) is 8.50. The molecule has 0 aliphatic carbocycles. The molecule has 0 aromatic carbocycles. The van der Waals surface area contributed by atoms with E-state index in [0.717, 1.165) is 41.9 Å². The third-order valence-corrected chi connectivity index (χ3v) is 4.50. The van der Waals surface area contributed by atoms with Crippen molar-refractivity contribution in [2.75, 3.05) is 18.0 Å². The summed E-state index contributed by atoms with van der Waals surface area (Å²) in [4.78, 5) is 19.1. The SMILES string of the molecule is Cc1cc(C(=O)NC2CCCN(c3ccc(Br)cn3)C2)n(C)n1. The number of aromatic nitrogens is 3. The number of piperidine rings is 1. The summed E-state index contributed by atoms with van der Waals surface area (Å²) in [5.41, 5.74) is 1.45. The maximum atomic E-state index is 12.4. The number of hydrogen-bond acceptors (Lipinski definition) is 4. The molecule has 7 heteroatoms. The molecule has 122 valence electrons. The van der Waals surface area contributed by atoms with Crippen LogP contribution in [0.5, 0.6) is 0 Å². The molecule has 1 atom stereocenters. The molecule has 2 aromatic heterocycles. The lowest BCUT2D eigenvalue weighted by atomic mass is 10.1. The molecule has 1 aliphatic heterocycles. The zero-order chi connectivity index (χ0) is 16.4. The Labute approximate surface area is 144 Å². The van der Waals surface area contributed by atoms with Crippen molar-refractivity contribution >= 4 is 27.7 Å².